The standard InChI is InChI=1S/C18H23N5O3/c1-13-10-17(21-18(20-13)23-6-8-26-9-7-23)22-19-12-14-4-5-15(24-2)11-16(14)25-3/h4-5,10-12H,6-9H2,1-3H3,(H,20,21,22)/b19-12-. The van der Waals surface area contributed by atoms with Gasteiger partial charge in [-0.05, 0) is 19.1 Å². The van der Waals surface area contributed by atoms with Gasteiger partial charge in [-0.2, -0.15) is 10.1 Å². The SMILES string of the molecule is COc1ccc(/C=N\Nc2cc(C)nc(N3CCOCC3)n2)c(OC)c1. The number of hydrazone groups is 1. The van der Waals surface area contributed by atoms with E-state index in [0.717, 1.165) is 30.1 Å². The predicted octanol–water partition coefficient (Wildman–Crippen LogP) is 2.08. The Kier molecular flexibility index (Phi) is 5.85. The second-order valence-electron chi connectivity index (χ2n) is 5.77. The first kappa shape index (κ1) is 17.9. The fraction of sp³-hybridized carbons (Fsp3) is 0.389. The van der Waals surface area contributed by atoms with E-state index in [1.807, 2.05) is 31.2 Å². The van der Waals surface area contributed by atoms with Gasteiger partial charge in [-0.25, -0.2) is 4.98 Å². The summed E-state index contributed by atoms with van der Waals surface area (Å²) >= 11 is 0. The van der Waals surface area contributed by atoms with Crippen LogP contribution < -0.4 is 19.8 Å². The second kappa shape index (κ2) is 8.48. The first-order chi connectivity index (χ1) is 12.7. The highest BCUT2D eigenvalue weighted by Gasteiger charge is 2.14. The monoisotopic (exact) mass is 357 g/mol. The van der Waals surface area contributed by atoms with Gasteiger partial charge in [-0.3, -0.25) is 5.43 Å². The van der Waals surface area contributed by atoms with E-state index in [-0.39, 0.29) is 0 Å². The second-order valence-corrected chi connectivity index (χ2v) is 5.77. The van der Waals surface area contributed by atoms with Crippen LogP contribution in [0.3, 0.4) is 0 Å². The maximum absolute atomic E-state index is 5.38. The molecule has 0 saturated carbocycles. The molecule has 8 nitrogen and oxygen atoms in total. The molecule has 1 N–H and O–H groups in total. The smallest absolute Gasteiger partial charge is 0.227 e. The Morgan fingerprint density at radius 3 is 2.69 bits per heavy atom. The third kappa shape index (κ3) is 4.40. The summed E-state index contributed by atoms with van der Waals surface area (Å²) in [6, 6.07) is 7.40. The molecule has 1 aliphatic heterocycles. The summed E-state index contributed by atoms with van der Waals surface area (Å²) in [5.41, 5.74) is 4.68. The number of hydrogen-bond donors (Lipinski definition) is 1. The Hall–Kier alpha value is -2.87. The predicted molar refractivity (Wildman–Crippen MR) is 101 cm³/mol. The highest BCUT2D eigenvalue weighted by molar-refractivity contribution is 5.84. The molecule has 138 valence electrons. The zero-order chi connectivity index (χ0) is 18.4. The van der Waals surface area contributed by atoms with Gasteiger partial charge in [0.25, 0.3) is 0 Å². The Bertz CT molecular complexity index is 775. The first-order valence-electron chi connectivity index (χ1n) is 8.39. The fourth-order valence-corrected chi connectivity index (χ4v) is 2.61. The van der Waals surface area contributed by atoms with Gasteiger partial charge in [0.2, 0.25) is 5.95 Å². The molecule has 26 heavy (non-hydrogen) atoms. The summed E-state index contributed by atoms with van der Waals surface area (Å²) in [7, 11) is 3.23. The van der Waals surface area contributed by atoms with E-state index in [0.29, 0.717) is 30.7 Å². The van der Waals surface area contributed by atoms with Crippen molar-refractivity contribution in [3.05, 3.63) is 35.5 Å². The molecule has 2 heterocycles. The molecule has 0 amide bonds. The molecule has 1 saturated heterocycles. The summed E-state index contributed by atoms with van der Waals surface area (Å²) in [5, 5.41) is 4.27. The average molecular weight is 357 g/mol. The highest BCUT2D eigenvalue weighted by Crippen LogP contribution is 2.23. The molecule has 1 fully saturated rings. The molecular weight excluding hydrogens is 334 g/mol. The van der Waals surface area contributed by atoms with Crippen LogP contribution in [-0.2, 0) is 4.74 Å². The van der Waals surface area contributed by atoms with E-state index in [1.54, 1.807) is 20.4 Å². The van der Waals surface area contributed by atoms with Crippen molar-refractivity contribution in [2.24, 2.45) is 5.10 Å². The number of nitrogens with zero attached hydrogens (tertiary/aromatic N) is 4. The summed E-state index contributed by atoms with van der Waals surface area (Å²) in [6.07, 6.45) is 1.68. The molecular formula is C18H23N5O3. The van der Waals surface area contributed by atoms with Crippen LogP contribution in [0.4, 0.5) is 11.8 Å². The van der Waals surface area contributed by atoms with Crippen LogP contribution in [0.2, 0.25) is 0 Å². The number of hydrogen-bond acceptors (Lipinski definition) is 8. The van der Waals surface area contributed by atoms with Gasteiger partial charge in [-0.1, -0.05) is 0 Å². The maximum Gasteiger partial charge on any atom is 0.227 e. The number of anilines is 2. The molecule has 0 atom stereocenters. The molecule has 3 rings (SSSR count). The number of rotatable bonds is 6. The molecule has 8 heteroatoms. The van der Waals surface area contributed by atoms with Gasteiger partial charge in [0.1, 0.15) is 11.5 Å². The van der Waals surface area contributed by atoms with Crippen molar-refractivity contribution in [2.45, 2.75) is 6.92 Å². The fourth-order valence-electron chi connectivity index (χ4n) is 2.61. The van der Waals surface area contributed by atoms with Crippen LogP contribution in [0.5, 0.6) is 11.5 Å². The molecule has 0 unspecified atom stereocenters. The number of benzene rings is 1. The van der Waals surface area contributed by atoms with E-state index in [2.05, 4.69) is 25.4 Å². The number of methoxy groups -OCH3 is 2. The quantitative estimate of drug-likeness (QED) is 0.626. The first-order valence-corrected chi connectivity index (χ1v) is 8.39. The maximum atomic E-state index is 5.38. The van der Waals surface area contributed by atoms with Crippen molar-refractivity contribution in [3.63, 3.8) is 0 Å². The lowest BCUT2D eigenvalue weighted by molar-refractivity contribution is 0.122. The highest BCUT2D eigenvalue weighted by atomic mass is 16.5. The van der Waals surface area contributed by atoms with E-state index in [9.17, 15) is 0 Å². The van der Waals surface area contributed by atoms with E-state index in [1.165, 1.54) is 0 Å². The van der Waals surface area contributed by atoms with Crippen LogP contribution in [-0.4, -0.2) is 56.7 Å². The summed E-state index contributed by atoms with van der Waals surface area (Å²) < 4.78 is 15.9. The minimum atomic E-state index is 0.641. The molecule has 0 spiro atoms. The van der Waals surface area contributed by atoms with Gasteiger partial charge >= 0.3 is 0 Å². The lowest BCUT2D eigenvalue weighted by Gasteiger charge is -2.27. The molecule has 0 aliphatic carbocycles. The molecule has 0 bridgehead atoms. The third-order valence-corrected chi connectivity index (χ3v) is 3.96. The largest absolute Gasteiger partial charge is 0.497 e. The molecule has 1 aromatic heterocycles. The molecule has 2 aromatic rings. The third-order valence-electron chi connectivity index (χ3n) is 3.96. The van der Waals surface area contributed by atoms with Crippen LogP contribution >= 0.6 is 0 Å². The topological polar surface area (TPSA) is 81.1 Å². The van der Waals surface area contributed by atoms with E-state index < -0.39 is 0 Å². The van der Waals surface area contributed by atoms with Crippen molar-refractivity contribution in [1.29, 1.82) is 0 Å². The van der Waals surface area contributed by atoms with Crippen LogP contribution in [0, 0.1) is 6.92 Å². The Morgan fingerprint density at radius 2 is 1.96 bits per heavy atom. The molecule has 0 radical (unpaired) electrons. The van der Waals surface area contributed by atoms with Gasteiger partial charge in [0, 0.05) is 36.5 Å². The van der Waals surface area contributed by atoms with Crippen LogP contribution in [0.1, 0.15) is 11.3 Å². The van der Waals surface area contributed by atoms with Crippen LogP contribution in [0.25, 0.3) is 0 Å². The lowest BCUT2D eigenvalue weighted by Crippen LogP contribution is -2.37. The van der Waals surface area contributed by atoms with E-state index in [4.69, 9.17) is 14.2 Å². The number of morpholine rings is 1. The van der Waals surface area contributed by atoms with Crippen molar-refractivity contribution in [1.82, 2.24) is 9.97 Å². The average Bonchev–Trinajstić information content (AvgIpc) is 2.68. The van der Waals surface area contributed by atoms with Crippen molar-refractivity contribution in [2.75, 3.05) is 50.8 Å². The van der Waals surface area contributed by atoms with Crippen molar-refractivity contribution < 1.29 is 14.2 Å². The zero-order valence-corrected chi connectivity index (χ0v) is 15.2. The normalized spacial score (nSPS) is 14.5. The van der Waals surface area contributed by atoms with Crippen molar-refractivity contribution >= 4 is 18.0 Å². The van der Waals surface area contributed by atoms with Crippen molar-refractivity contribution in [3.8, 4) is 11.5 Å². The summed E-state index contributed by atoms with van der Waals surface area (Å²) in [6.45, 7) is 4.89. The van der Waals surface area contributed by atoms with Gasteiger partial charge < -0.3 is 19.1 Å². The Balaban J connectivity index is 1.73. The van der Waals surface area contributed by atoms with Gasteiger partial charge in [0.05, 0.1) is 33.6 Å². The van der Waals surface area contributed by atoms with Crippen LogP contribution in [0.15, 0.2) is 29.4 Å². The minimum Gasteiger partial charge on any atom is -0.497 e. The Morgan fingerprint density at radius 1 is 1.15 bits per heavy atom. The zero-order valence-electron chi connectivity index (χ0n) is 15.2. The number of nitrogens with one attached hydrogen (secondary N) is 1. The Labute approximate surface area is 152 Å². The molecule has 1 aliphatic rings. The van der Waals surface area contributed by atoms with Gasteiger partial charge in [-0.15, -0.1) is 0 Å². The summed E-state index contributed by atoms with van der Waals surface area (Å²) in [5.74, 6) is 2.74. The number of ether oxygens (including phenoxy) is 3. The van der Waals surface area contributed by atoms with Gasteiger partial charge in [0.15, 0.2) is 5.82 Å². The van der Waals surface area contributed by atoms with E-state index >= 15 is 0 Å². The minimum absolute atomic E-state index is 0.641. The molecule has 1 aromatic carbocycles. The summed E-state index contributed by atoms with van der Waals surface area (Å²) in [4.78, 5) is 11.2. The number of aromatic nitrogens is 2. The number of aryl methyl sites for hydroxylation is 1. The lowest BCUT2D eigenvalue weighted by atomic mass is 10.2.